The predicted molar refractivity (Wildman–Crippen MR) is 163 cm³/mol. The first kappa shape index (κ1) is 29.8. The van der Waals surface area contributed by atoms with Gasteiger partial charge in [0, 0.05) is 34.7 Å². The van der Waals surface area contributed by atoms with Crippen LogP contribution in [-0.4, -0.2) is 70.6 Å². The molecule has 0 spiro atoms. The van der Waals surface area contributed by atoms with E-state index in [2.05, 4.69) is 10.2 Å². The van der Waals surface area contributed by atoms with Crippen LogP contribution < -0.4 is 9.62 Å². The maximum atomic E-state index is 13.0. The van der Waals surface area contributed by atoms with Gasteiger partial charge in [0.05, 0.1) is 35.5 Å². The van der Waals surface area contributed by atoms with E-state index in [4.69, 9.17) is 23.2 Å². The van der Waals surface area contributed by atoms with Crippen LogP contribution in [0.2, 0.25) is 10.0 Å². The molecular formula is C29H31Cl2N3O5S2. The van der Waals surface area contributed by atoms with Crippen molar-refractivity contribution in [1.29, 1.82) is 0 Å². The molecular weight excluding hydrogens is 605 g/mol. The summed E-state index contributed by atoms with van der Waals surface area (Å²) in [6, 6.07) is 21.1. The molecule has 3 aromatic rings. The van der Waals surface area contributed by atoms with Crippen LogP contribution in [0.4, 0.5) is 5.69 Å². The van der Waals surface area contributed by atoms with Gasteiger partial charge in [-0.15, -0.1) is 0 Å². The molecule has 2 fully saturated rings. The number of anilines is 1. The summed E-state index contributed by atoms with van der Waals surface area (Å²) in [5.74, 6) is -0.263. The van der Waals surface area contributed by atoms with E-state index >= 15 is 0 Å². The zero-order valence-corrected chi connectivity index (χ0v) is 25.6. The van der Waals surface area contributed by atoms with Gasteiger partial charge in [0.25, 0.3) is 5.91 Å². The average molecular weight is 637 g/mol. The average Bonchev–Trinajstić information content (AvgIpc) is 2.90. The Balaban J connectivity index is 1.35. The zero-order valence-electron chi connectivity index (χ0n) is 22.4. The third kappa shape index (κ3) is 7.06. The fourth-order valence-corrected chi connectivity index (χ4v) is 8.43. The molecule has 2 aliphatic heterocycles. The number of sulfone groups is 1. The number of benzene rings is 3. The molecule has 5 rings (SSSR count). The predicted octanol–water partition coefficient (Wildman–Crippen LogP) is 4.54. The van der Waals surface area contributed by atoms with Gasteiger partial charge in [-0.1, -0.05) is 53.5 Å². The molecule has 3 aromatic carbocycles. The SMILES string of the molecule is CS(=O)(=O)N(c1cccc(C(=O)NC2CCS(=O)(=O)CC2)c1)C1CN(C(c2ccc(Cl)cc2)c2ccc(Cl)cc2)C1. The van der Waals surface area contributed by atoms with Crippen LogP contribution in [0, 0.1) is 0 Å². The smallest absolute Gasteiger partial charge is 0.251 e. The highest BCUT2D eigenvalue weighted by atomic mass is 35.5. The highest BCUT2D eigenvalue weighted by Crippen LogP contribution is 2.36. The summed E-state index contributed by atoms with van der Waals surface area (Å²) < 4.78 is 50.9. The second-order valence-electron chi connectivity index (χ2n) is 10.6. The van der Waals surface area contributed by atoms with E-state index < -0.39 is 19.9 Å². The van der Waals surface area contributed by atoms with Crippen molar-refractivity contribution < 1.29 is 21.6 Å². The standard InChI is InChI=1S/C29H31Cl2N3O5S2/c1-40(36,37)34(26-4-2-3-22(17-26)29(35)32-25-13-15-41(38,39)16-14-25)27-18-33(19-27)28(20-5-9-23(30)10-6-20)21-7-11-24(31)12-8-21/h2-12,17,25,27-28H,13-16,18-19H2,1H3,(H,32,35). The van der Waals surface area contributed by atoms with Crippen molar-refractivity contribution in [3.8, 4) is 0 Å². The molecule has 218 valence electrons. The summed E-state index contributed by atoms with van der Waals surface area (Å²) in [6.45, 7) is 0.936. The van der Waals surface area contributed by atoms with Crippen molar-refractivity contribution in [3.05, 3.63) is 99.5 Å². The van der Waals surface area contributed by atoms with Crippen molar-refractivity contribution in [1.82, 2.24) is 10.2 Å². The Bertz CT molecular complexity index is 1570. The first-order chi connectivity index (χ1) is 19.4. The molecule has 8 nitrogen and oxygen atoms in total. The Labute approximate surface area is 251 Å². The van der Waals surface area contributed by atoms with Crippen LogP contribution in [0.3, 0.4) is 0 Å². The number of rotatable bonds is 8. The number of sulfonamides is 1. The van der Waals surface area contributed by atoms with Crippen LogP contribution in [0.15, 0.2) is 72.8 Å². The van der Waals surface area contributed by atoms with Gasteiger partial charge >= 0.3 is 0 Å². The van der Waals surface area contributed by atoms with E-state index in [1.54, 1.807) is 24.3 Å². The highest BCUT2D eigenvalue weighted by molar-refractivity contribution is 7.92. The Kier molecular flexibility index (Phi) is 8.69. The van der Waals surface area contributed by atoms with Gasteiger partial charge in [-0.25, -0.2) is 16.8 Å². The number of halogens is 2. The first-order valence-electron chi connectivity index (χ1n) is 13.3. The molecule has 2 heterocycles. The van der Waals surface area contributed by atoms with Crippen molar-refractivity contribution in [2.45, 2.75) is 31.0 Å². The lowest BCUT2D eigenvalue weighted by atomic mass is 9.93. The minimum absolute atomic E-state index is 0.0467. The maximum absolute atomic E-state index is 13.0. The van der Waals surface area contributed by atoms with Gasteiger partial charge < -0.3 is 5.32 Å². The minimum Gasteiger partial charge on any atom is -0.349 e. The second kappa shape index (κ2) is 11.9. The van der Waals surface area contributed by atoms with Gasteiger partial charge in [-0.2, -0.15) is 0 Å². The highest BCUT2D eigenvalue weighted by Gasteiger charge is 2.41. The normalized spacial score (nSPS) is 18.1. The van der Waals surface area contributed by atoms with Gasteiger partial charge in [0.2, 0.25) is 10.0 Å². The van der Waals surface area contributed by atoms with Crippen molar-refractivity contribution >= 4 is 54.7 Å². The van der Waals surface area contributed by atoms with Crippen LogP contribution in [0.1, 0.15) is 40.4 Å². The molecule has 0 radical (unpaired) electrons. The topological polar surface area (TPSA) is 104 Å². The van der Waals surface area contributed by atoms with Gasteiger partial charge in [0.1, 0.15) is 9.84 Å². The lowest BCUT2D eigenvalue weighted by molar-refractivity contribution is 0.0934. The summed E-state index contributed by atoms with van der Waals surface area (Å²) in [4.78, 5) is 15.2. The fourth-order valence-electron chi connectivity index (χ4n) is 5.51. The molecule has 1 amide bonds. The van der Waals surface area contributed by atoms with E-state index in [1.165, 1.54) is 10.6 Å². The van der Waals surface area contributed by atoms with Crippen molar-refractivity contribution in [2.75, 3.05) is 35.2 Å². The summed E-state index contributed by atoms with van der Waals surface area (Å²) in [5, 5.41) is 4.16. The number of nitrogens with zero attached hydrogens (tertiary/aromatic N) is 2. The largest absolute Gasteiger partial charge is 0.349 e. The van der Waals surface area contributed by atoms with Crippen LogP contribution >= 0.6 is 23.2 Å². The van der Waals surface area contributed by atoms with E-state index in [0.717, 1.165) is 11.1 Å². The molecule has 0 aromatic heterocycles. The molecule has 0 atom stereocenters. The van der Waals surface area contributed by atoms with Crippen LogP contribution in [0.5, 0.6) is 0 Å². The molecule has 0 saturated carbocycles. The van der Waals surface area contributed by atoms with Gasteiger partial charge in [0.15, 0.2) is 0 Å². The second-order valence-corrected chi connectivity index (χ2v) is 15.7. The van der Waals surface area contributed by atoms with Gasteiger partial charge in [-0.05, 0) is 66.4 Å². The van der Waals surface area contributed by atoms with Crippen molar-refractivity contribution in [3.63, 3.8) is 0 Å². The van der Waals surface area contributed by atoms with E-state index in [-0.39, 0.29) is 35.5 Å². The number of likely N-dealkylation sites (tertiary alicyclic amines) is 1. The monoisotopic (exact) mass is 635 g/mol. The number of amides is 1. The number of hydrogen-bond donors (Lipinski definition) is 1. The Morgan fingerprint density at radius 3 is 1.98 bits per heavy atom. The minimum atomic E-state index is -3.68. The number of hydrogen-bond acceptors (Lipinski definition) is 6. The van der Waals surface area contributed by atoms with E-state index in [0.29, 0.717) is 47.2 Å². The van der Waals surface area contributed by atoms with E-state index in [9.17, 15) is 21.6 Å². The molecule has 2 aliphatic rings. The molecule has 0 unspecified atom stereocenters. The molecule has 12 heteroatoms. The quantitative estimate of drug-likeness (QED) is 0.390. The lowest BCUT2D eigenvalue weighted by Gasteiger charge is -2.48. The summed E-state index contributed by atoms with van der Waals surface area (Å²) in [5.41, 5.74) is 2.78. The van der Waals surface area contributed by atoms with Crippen LogP contribution in [-0.2, 0) is 19.9 Å². The van der Waals surface area contributed by atoms with E-state index in [1.807, 2.05) is 48.5 Å². The number of carbonyl (C=O) groups excluding carboxylic acids is 1. The molecule has 41 heavy (non-hydrogen) atoms. The summed E-state index contributed by atoms with van der Waals surface area (Å²) in [7, 11) is -6.72. The Hall–Kier alpha value is -2.63. The third-order valence-electron chi connectivity index (χ3n) is 7.57. The zero-order chi connectivity index (χ0) is 29.4. The fraction of sp³-hybridized carbons (Fsp3) is 0.345. The molecule has 0 bridgehead atoms. The third-order valence-corrected chi connectivity index (χ3v) is 11.0. The number of nitrogens with one attached hydrogen (secondary N) is 1. The van der Waals surface area contributed by atoms with Crippen molar-refractivity contribution in [2.24, 2.45) is 0 Å². The molecule has 1 N–H and O–H groups in total. The Morgan fingerprint density at radius 2 is 1.46 bits per heavy atom. The molecule has 2 saturated heterocycles. The lowest BCUT2D eigenvalue weighted by Crippen LogP contribution is -2.61. The van der Waals surface area contributed by atoms with Gasteiger partial charge in [-0.3, -0.25) is 14.0 Å². The summed E-state index contributed by atoms with van der Waals surface area (Å²) >= 11 is 12.3. The van der Waals surface area contributed by atoms with Crippen LogP contribution in [0.25, 0.3) is 0 Å². The summed E-state index contributed by atoms with van der Waals surface area (Å²) in [6.07, 6.45) is 1.90. The molecule has 0 aliphatic carbocycles. The first-order valence-corrected chi connectivity index (χ1v) is 17.7. The maximum Gasteiger partial charge on any atom is 0.251 e. The Morgan fingerprint density at radius 1 is 0.927 bits per heavy atom. The number of carbonyl (C=O) groups is 1.